The highest BCUT2D eigenvalue weighted by Crippen LogP contribution is 2.45. The Bertz CT molecular complexity index is 1450. The summed E-state index contributed by atoms with van der Waals surface area (Å²) < 4.78 is 6.39. The third-order valence-corrected chi connectivity index (χ3v) is 5.89. The van der Waals surface area contributed by atoms with Crippen LogP contribution in [0.4, 0.5) is 22.7 Å². The predicted molar refractivity (Wildman–Crippen MR) is 137 cm³/mol. The van der Waals surface area contributed by atoms with Gasteiger partial charge in [-0.05, 0) is 23.3 Å². The van der Waals surface area contributed by atoms with Gasteiger partial charge in [0.1, 0.15) is 12.2 Å². The summed E-state index contributed by atoms with van der Waals surface area (Å²) in [5.74, 6) is 0. The second kappa shape index (κ2) is 11.2. The molecule has 0 N–H and O–H groups in total. The van der Waals surface area contributed by atoms with Gasteiger partial charge in [0, 0.05) is 12.1 Å². The fraction of sp³-hybridized carbons (Fsp3) is 0.0769. The van der Waals surface area contributed by atoms with Gasteiger partial charge in [0.2, 0.25) is 0 Å². The van der Waals surface area contributed by atoms with E-state index in [1.807, 2.05) is 0 Å². The molecule has 0 saturated heterocycles. The first-order valence-electron chi connectivity index (χ1n) is 11.3. The van der Waals surface area contributed by atoms with E-state index in [-0.39, 0.29) is 11.1 Å². The van der Waals surface area contributed by atoms with Crippen LogP contribution < -0.4 is 0 Å². The van der Waals surface area contributed by atoms with Gasteiger partial charge in [-0.2, -0.15) is 0 Å². The lowest BCUT2D eigenvalue weighted by atomic mass is 9.95. The average molecular weight is 530 g/mol. The molecule has 0 aliphatic rings. The highest BCUT2D eigenvalue weighted by molar-refractivity contribution is 5.61. The number of nitrogens with zero attached hydrogens (tertiary/aromatic N) is 4. The molecule has 13 nitrogen and oxygen atoms in total. The van der Waals surface area contributed by atoms with E-state index in [9.17, 15) is 40.5 Å². The lowest BCUT2D eigenvalue weighted by Crippen LogP contribution is -2.16. The fourth-order valence-electron chi connectivity index (χ4n) is 4.27. The van der Waals surface area contributed by atoms with Gasteiger partial charge in [-0.1, -0.05) is 72.8 Å². The van der Waals surface area contributed by atoms with Crippen molar-refractivity contribution in [2.75, 3.05) is 0 Å². The number of nitro benzene ring substituents is 4. The van der Waals surface area contributed by atoms with Crippen LogP contribution in [0, 0.1) is 40.5 Å². The molecule has 0 aliphatic carbocycles. The van der Waals surface area contributed by atoms with Crippen LogP contribution in [-0.4, -0.2) is 19.7 Å². The number of para-hydroxylation sites is 2. The summed E-state index contributed by atoms with van der Waals surface area (Å²) in [6, 6.07) is 23.3. The lowest BCUT2D eigenvalue weighted by molar-refractivity contribution is -0.423. The molecule has 0 fully saturated rings. The Labute approximate surface area is 219 Å². The van der Waals surface area contributed by atoms with Crippen LogP contribution in [-0.2, 0) is 4.74 Å². The zero-order valence-electron chi connectivity index (χ0n) is 19.9. The van der Waals surface area contributed by atoms with Gasteiger partial charge in [0.25, 0.3) is 0 Å². The molecule has 196 valence electrons. The van der Waals surface area contributed by atoms with E-state index in [0.717, 1.165) is 12.1 Å². The third kappa shape index (κ3) is 5.42. The van der Waals surface area contributed by atoms with Crippen molar-refractivity contribution in [2.45, 2.75) is 12.2 Å². The Kier molecular flexibility index (Phi) is 7.63. The van der Waals surface area contributed by atoms with Crippen molar-refractivity contribution in [2.24, 2.45) is 0 Å². The molecular weight excluding hydrogens is 512 g/mol. The second-order valence-corrected chi connectivity index (χ2v) is 8.18. The molecule has 0 amide bonds. The summed E-state index contributed by atoms with van der Waals surface area (Å²) in [4.78, 5) is 43.8. The first-order valence-corrected chi connectivity index (χ1v) is 11.3. The third-order valence-electron chi connectivity index (χ3n) is 5.89. The summed E-state index contributed by atoms with van der Waals surface area (Å²) in [5, 5.41) is 47.4. The number of ether oxygens (including phenoxy) is 1. The summed E-state index contributed by atoms with van der Waals surface area (Å²) in [6.07, 6.45) is -2.67. The van der Waals surface area contributed by atoms with Gasteiger partial charge in [0.15, 0.2) is 0 Å². The number of rotatable bonds is 10. The first-order chi connectivity index (χ1) is 18.7. The van der Waals surface area contributed by atoms with Crippen LogP contribution in [0.15, 0.2) is 97.1 Å². The van der Waals surface area contributed by atoms with Crippen molar-refractivity contribution in [3.8, 4) is 0 Å². The summed E-state index contributed by atoms with van der Waals surface area (Å²) >= 11 is 0. The molecule has 0 aromatic heterocycles. The second-order valence-electron chi connectivity index (χ2n) is 8.18. The minimum absolute atomic E-state index is 0.172. The first kappa shape index (κ1) is 26.5. The highest BCUT2D eigenvalue weighted by atomic mass is 16.6. The quantitative estimate of drug-likeness (QED) is 0.170. The molecule has 0 bridgehead atoms. The van der Waals surface area contributed by atoms with Crippen molar-refractivity contribution < 1.29 is 24.4 Å². The maximum Gasteiger partial charge on any atom is 0.352 e. The van der Waals surface area contributed by atoms with E-state index in [2.05, 4.69) is 0 Å². The summed E-state index contributed by atoms with van der Waals surface area (Å²) in [5.41, 5.74) is -2.78. The molecular formula is C26H18N4O9. The van der Waals surface area contributed by atoms with Crippen LogP contribution in [0.2, 0.25) is 0 Å². The molecule has 4 aromatic rings. The minimum atomic E-state index is -1.34. The molecule has 39 heavy (non-hydrogen) atoms. The zero-order valence-corrected chi connectivity index (χ0v) is 19.9. The number of benzene rings is 4. The van der Waals surface area contributed by atoms with Gasteiger partial charge in [-0.25, -0.2) is 0 Å². The van der Waals surface area contributed by atoms with E-state index in [1.54, 1.807) is 60.7 Å². The Morgan fingerprint density at radius 1 is 0.462 bits per heavy atom. The van der Waals surface area contributed by atoms with Crippen molar-refractivity contribution in [3.05, 3.63) is 160 Å². The van der Waals surface area contributed by atoms with Crippen LogP contribution >= 0.6 is 0 Å². The maximum atomic E-state index is 12.1. The molecule has 0 heterocycles. The van der Waals surface area contributed by atoms with E-state index < -0.39 is 54.7 Å². The Morgan fingerprint density at radius 2 is 0.821 bits per heavy atom. The van der Waals surface area contributed by atoms with Gasteiger partial charge >= 0.3 is 22.7 Å². The zero-order chi connectivity index (χ0) is 28.1. The standard InChI is InChI=1S/C26H18N4O9/c31-27(32)21-15-7-13-19(23(21)29(35)36)25(17-9-3-1-4-10-17)39-26(18-11-5-2-6-12-18)20-14-8-16-22(28(33)34)24(20)30(37)38/h1-16,25-26H. The van der Waals surface area contributed by atoms with Gasteiger partial charge < -0.3 is 4.74 Å². The molecule has 0 spiro atoms. The lowest BCUT2D eigenvalue weighted by Gasteiger charge is -2.26. The summed E-state index contributed by atoms with van der Waals surface area (Å²) in [6.45, 7) is 0. The van der Waals surface area contributed by atoms with E-state index >= 15 is 0 Å². The number of nitro groups is 4. The molecule has 2 atom stereocenters. The molecule has 2 unspecified atom stereocenters. The van der Waals surface area contributed by atoms with Crippen LogP contribution in [0.5, 0.6) is 0 Å². The average Bonchev–Trinajstić information content (AvgIpc) is 2.93. The Hall–Kier alpha value is -5.56. The minimum Gasteiger partial charge on any atom is -0.356 e. The topological polar surface area (TPSA) is 182 Å². The smallest absolute Gasteiger partial charge is 0.352 e. The maximum absolute atomic E-state index is 12.1. The number of hydrogen-bond acceptors (Lipinski definition) is 9. The van der Waals surface area contributed by atoms with Crippen molar-refractivity contribution in [1.82, 2.24) is 0 Å². The van der Waals surface area contributed by atoms with Crippen LogP contribution in [0.1, 0.15) is 34.5 Å². The van der Waals surface area contributed by atoms with Gasteiger partial charge in [0.05, 0.1) is 30.8 Å². The molecule has 0 radical (unpaired) electrons. The normalized spacial score (nSPS) is 12.3. The Balaban J connectivity index is 2.01. The van der Waals surface area contributed by atoms with E-state index in [1.165, 1.54) is 24.3 Å². The molecule has 0 saturated carbocycles. The largest absolute Gasteiger partial charge is 0.356 e. The van der Waals surface area contributed by atoms with Crippen molar-refractivity contribution in [3.63, 3.8) is 0 Å². The Morgan fingerprint density at radius 3 is 1.13 bits per heavy atom. The van der Waals surface area contributed by atoms with E-state index in [0.29, 0.717) is 11.1 Å². The van der Waals surface area contributed by atoms with E-state index in [4.69, 9.17) is 4.74 Å². The van der Waals surface area contributed by atoms with Crippen molar-refractivity contribution in [1.29, 1.82) is 0 Å². The SMILES string of the molecule is O=[N+]([O-])c1cccc(C(OC(c2ccccc2)c2cccc([N+](=O)[O-])c2[N+](=O)[O-])c2ccccc2)c1[N+](=O)[O-]. The molecule has 0 aliphatic heterocycles. The highest BCUT2D eigenvalue weighted by Gasteiger charge is 2.38. The molecule has 13 heteroatoms. The van der Waals surface area contributed by atoms with Gasteiger partial charge in [-0.15, -0.1) is 0 Å². The predicted octanol–water partition coefficient (Wildman–Crippen LogP) is 6.22. The number of hydrogen-bond donors (Lipinski definition) is 0. The van der Waals surface area contributed by atoms with Gasteiger partial charge in [-0.3, -0.25) is 40.5 Å². The van der Waals surface area contributed by atoms with Crippen LogP contribution in [0.25, 0.3) is 0 Å². The monoisotopic (exact) mass is 530 g/mol. The molecule has 4 rings (SSSR count). The fourth-order valence-corrected chi connectivity index (χ4v) is 4.27. The summed E-state index contributed by atoms with van der Waals surface area (Å²) in [7, 11) is 0. The molecule has 4 aromatic carbocycles. The van der Waals surface area contributed by atoms with Crippen LogP contribution in [0.3, 0.4) is 0 Å². The van der Waals surface area contributed by atoms with Crippen molar-refractivity contribution >= 4 is 22.7 Å².